The van der Waals surface area contributed by atoms with E-state index in [2.05, 4.69) is 68.1 Å². The first-order valence-corrected chi connectivity index (χ1v) is 11.8. The Labute approximate surface area is 176 Å². The Balaban J connectivity index is 1.34. The first-order valence-electron chi connectivity index (χ1n) is 10.9. The maximum Gasteiger partial charge on any atom is 0.215 e. The fourth-order valence-electron chi connectivity index (χ4n) is 5.04. The summed E-state index contributed by atoms with van der Waals surface area (Å²) in [5, 5.41) is 15.3. The molecule has 2 fully saturated rings. The molecule has 0 amide bonds. The summed E-state index contributed by atoms with van der Waals surface area (Å²) in [6, 6.07) is 16.0. The maximum atomic E-state index is 4.56. The number of benzene rings is 1. The van der Waals surface area contributed by atoms with Gasteiger partial charge in [-0.2, -0.15) is 0 Å². The number of rotatable bonds is 6. The molecule has 6 nitrogen and oxygen atoms in total. The first-order chi connectivity index (χ1) is 14.4. The molecule has 0 spiro atoms. The third kappa shape index (κ3) is 4.13. The summed E-state index contributed by atoms with van der Waals surface area (Å²) < 4.78 is 2.16. The Kier molecular flexibility index (Phi) is 5.69. The minimum atomic E-state index is 0.254. The third-order valence-electron chi connectivity index (χ3n) is 6.58. The molecular weight excluding hydrogens is 380 g/mol. The SMILES string of the molecule is c1ccc(C[NH+]2CC[NH+]([C@@H](c3cccs3)c3nnnn3C3CCCC3)CC2)cc1. The van der Waals surface area contributed by atoms with Gasteiger partial charge in [-0.3, -0.25) is 0 Å². The molecule has 0 unspecified atom stereocenters. The van der Waals surface area contributed by atoms with E-state index in [-0.39, 0.29) is 6.04 Å². The number of hydrogen-bond donors (Lipinski definition) is 2. The van der Waals surface area contributed by atoms with E-state index in [0.29, 0.717) is 6.04 Å². The van der Waals surface area contributed by atoms with Crippen molar-refractivity contribution in [3.8, 4) is 0 Å². The van der Waals surface area contributed by atoms with E-state index >= 15 is 0 Å². The zero-order valence-corrected chi connectivity index (χ0v) is 17.7. The molecule has 3 aromatic rings. The fourth-order valence-corrected chi connectivity index (χ4v) is 5.92. The van der Waals surface area contributed by atoms with Crippen LogP contribution in [0.4, 0.5) is 0 Å². The number of nitrogens with zero attached hydrogens (tertiary/aromatic N) is 4. The highest BCUT2D eigenvalue weighted by Crippen LogP contribution is 2.31. The van der Waals surface area contributed by atoms with Crippen molar-refractivity contribution in [3.63, 3.8) is 0 Å². The van der Waals surface area contributed by atoms with Gasteiger partial charge in [0.2, 0.25) is 5.82 Å². The average Bonchev–Trinajstić information content (AvgIpc) is 3.53. The quantitative estimate of drug-likeness (QED) is 0.636. The van der Waals surface area contributed by atoms with Gasteiger partial charge in [-0.05, 0) is 34.7 Å². The van der Waals surface area contributed by atoms with Crippen molar-refractivity contribution in [3.05, 3.63) is 64.1 Å². The third-order valence-corrected chi connectivity index (χ3v) is 7.52. The Morgan fingerprint density at radius 2 is 1.79 bits per heavy atom. The highest BCUT2D eigenvalue weighted by atomic mass is 32.1. The summed E-state index contributed by atoms with van der Waals surface area (Å²) in [5.74, 6) is 1.07. The average molecular weight is 411 g/mol. The Morgan fingerprint density at radius 3 is 2.52 bits per heavy atom. The Hall–Kier alpha value is -2.09. The highest BCUT2D eigenvalue weighted by Gasteiger charge is 2.37. The molecule has 3 heterocycles. The lowest BCUT2D eigenvalue weighted by molar-refractivity contribution is -1.03. The van der Waals surface area contributed by atoms with Crippen molar-refractivity contribution in [1.29, 1.82) is 0 Å². The number of thiophene rings is 1. The molecule has 1 aliphatic heterocycles. The lowest BCUT2D eigenvalue weighted by Gasteiger charge is -2.34. The normalized spacial score (nSPS) is 24.0. The van der Waals surface area contributed by atoms with Gasteiger partial charge in [-0.1, -0.05) is 49.2 Å². The minimum absolute atomic E-state index is 0.254. The van der Waals surface area contributed by atoms with E-state index in [1.807, 2.05) is 11.3 Å². The number of quaternary nitrogens is 2. The molecule has 5 rings (SSSR count). The van der Waals surface area contributed by atoms with Crippen LogP contribution in [0.15, 0.2) is 47.8 Å². The van der Waals surface area contributed by atoms with Gasteiger partial charge in [0.15, 0.2) is 6.04 Å². The molecule has 152 valence electrons. The lowest BCUT2D eigenvalue weighted by atomic mass is 10.1. The van der Waals surface area contributed by atoms with Crippen LogP contribution in [0.2, 0.25) is 0 Å². The largest absolute Gasteiger partial charge is 0.322 e. The van der Waals surface area contributed by atoms with Crippen LogP contribution in [0.25, 0.3) is 0 Å². The number of tetrazole rings is 1. The van der Waals surface area contributed by atoms with Crippen LogP contribution < -0.4 is 9.80 Å². The van der Waals surface area contributed by atoms with Crippen LogP contribution >= 0.6 is 11.3 Å². The van der Waals surface area contributed by atoms with E-state index in [1.54, 1.807) is 9.80 Å². The van der Waals surface area contributed by atoms with Crippen molar-refractivity contribution in [2.24, 2.45) is 0 Å². The molecule has 29 heavy (non-hydrogen) atoms. The number of aromatic nitrogens is 4. The molecule has 2 aliphatic rings. The molecule has 1 aliphatic carbocycles. The number of piperazine rings is 1. The second-order valence-electron chi connectivity index (χ2n) is 8.44. The predicted molar refractivity (Wildman–Crippen MR) is 113 cm³/mol. The molecule has 1 atom stereocenters. The smallest absolute Gasteiger partial charge is 0.215 e. The molecule has 1 saturated heterocycles. The topological polar surface area (TPSA) is 52.5 Å². The molecule has 2 aromatic heterocycles. The van der Waals surface area contributed by atoms with Crippen molar-refractivity contribution in [2.45, 2.75) is 44.3 Å². The van der Waals surface area contributed by atoms with Crippen molar-refractivity contribution >= 4 is 11.3 Å². The van der Waals surface area contributed by atoms with Gasteiger partial charge in [0.05, 0.1) is 10.9 Å². The molecule has 1 aromatic carbocycles. The zero-order valence-electron chi connectivity index (χ0n) is 16.8. The summed E-state index contributed by atoms with van der Waals surface area (Å²) in [6.07, 6.45) is 5.00. The Morgan fingerprint density at radius 1 is 1.00 bits per heavy atom. The van der Waals surface area contributed by atoms with Crippen LogP contribution in [-0.4, -0.2) is 46.4 Å². The molecular formula is C22H30N6S+2. The van der Waals surface area contributed by atoms with Gasteiger partial charge < -0.3 is 9.80 Å². The van der Waals surface area contributed by atoms with E-state index < -0.39 is 0 Å². The minimum Gasteiger partial charge on any atom is -0.322 e. The first kappa shape index (κ1) is 18.9. The molecule has 7 heteroatoms. The summed E-state index contributed by atoms with van der Waals surface area (Å²) in [7, 11) is 0. The van der Waals surface area contributed by atoms with Gasteiger partial charge in [-0.25, -0.2) is 4.68 Å². The highest BCUT2D eigenvalue weighted by molar-refractivity contribution is 7.10. The van der Waals surface area contributed by atoms with Crippen LogP contribution in [0.3, 0.4) is 0 Å². The van der Waals surface area contributed by atoms with Crippen LogP contribution in [0, 0.1) is 0 Å². The molecule has 1 saturated carbocycles. The predicted octanol–water partition coefficient (Wildman–Crippen LogP) is 0.923. The van der Waals surface area contributed by atoms with Gasteiger partial charge in [0.1, 0.15) is 32.7 Å². The van der Waals surface area contributed by atoms with Gasteiger partial charge >= 0.3 is 0 Å². The van der Waals surface area contributed by atoms with Crippen molar-refractivity contribution < 1.29 is 9.80 Å². The zero-order chi connectivity index (χ0) is 19.5. The molecule has 0 radical (unpaired) electrons. The van der Waals surface area contributed by atoms with Crippen molar-refractivity contribution in [1.82, 2.24) is 20.2 Å². The summed E-state index contributed by atoms with van der Waals surface area (Å²) in [6.45, 7) is 5.82. The molecule has 2 N–H and O–H groups in total. The van der Waals surface area contributed by atoms with E-state index in [0.717, 1.165) is 25.5 Å². The van der Waals surface area contributed by atoms with Crippen molar-refractivity contribution in [2.75, 3.05) is 26.2 Å². The van der Waals surface area contributed by atoms with Gasteiger partial charge in [-0.15, -0.1) is 16.4 Å². The van der Waals surface area contributed by atoms with E-state index in [9.17, 15) is 0 Å². The number of nitrogens with one attached hydrogen (secondary N) is 2. The van der Waals surface area contributed by atoms with E-state index in [4.69, 9.17) is 0 Å². The summed E-state index contributed by atoms with van der Waals surface area (Å²) >= 11 is 1.84. The summed E-state index contributed by atoms with van der Waals surface area (Å²) in [4.78, 5) is 4.68. The maximum absolute atomic E-state index is 4.56. The fraction of sp³-hybridized carbons (Fsp3) is 0.500. The van der Waals surface area contributed by atoms with Gasteiger partial charge in [0.25, 0.3) is 0 Å². The summed E-state index contributed by atoms with van der Waals surface area (Å²) in [5.41, 5.74) is 1.44. The van der Waals surface area contributed by atoms with Crippen LogP contribution in [0.1, 0.15) is 54.0 Å². The van der Waals surface area contributed by atoms with E-state index in [1.165, 1.54) is 49.2 Å². The van der Waals surface area contributed by atoms with Crippen LogP contribution in [0.5, 0.6) is 0 Å². The standard InChI is InChI=1S/C22H28N6S/c1-2-7-18(8-3-1)17-26-12-14-27(15-13-26)21(20-11-6-16-29-20)22-23-24-25-28(22)19-9-4-5-10-19/h1-3,6-8,11,16,19,21H,4-5,9-10,12-15,17H2/p+2/t21-/m0/s1. The second kappa shape index (κ2) is 8.73. The lowest BCUT2D eigenvalue weighted by Crippen LogP contribution is -3.27. The second-order valence-corrected chi connectivity index (χ2v) is 9.42. The number of hydrogen-bond acceptors (Lipinski definition) is 4. The van der Waals surface area contributed by atoms with Gasteiger partial charge in [0, 0.05) is 5.56 Å². The van der Waals surface area contributed by atoms with Crippen LogP contribution in [-0.2, 0) is 6.54 Å². The Bertz CT molecular complexity index is 879. The monoisotopic (exact) mass is 410 g/mol. The molecule has 0 bridgehead atoms.